The van der Waals surface area contributed by atoms with Gasteiger partial charge in [0.2, 0.25) is 0 Å². The molecule has 0 aliphatic rings. The van der Waals surface area contributed by atoms with Crippen LogP contribution in [0.25, 0.3) is 0 Å². The predicted octanol–water partition coefficient (Wildman–Crippen LogP) is 3.99. The summed E-state index contributed by atoms with van der Waals surface area (Å²) in [4.78, 5) is 0. The first-order valence-electron chi connectivity index (χ1n) is 4.76. The summed E-state index contributed by atoms with van der Waals surface area (Å²) in [6.07, 6.45) is 0. The van der Waals surface area contributed by atoms with Gasteiger partial charge in [0.15, 0.2) is 0 Å². The van der Waals surface area contributed by atoms with Crippen LogP contribution in [0.2, 0.25) is 0 Å². The quantitative estimate of drug-likeness (QED) is 0.769. The molecule has 0 N–H and O–H groups in total. The van der Waals surface area contributed by atoms with Crippen molar-refractivity contribution < 1.29 is 17.1 Å². The van der Waals surface area contributed by atoms with Gasteiger partial charge < -0.3 is 8.37 Å². The minimum absolute atomic E-state index is 0.332. The molecule has 5 heteroatoms. The van der Waals surface area contributed by atoms with E-state index in [1.807, 2.05) is 0 Å². The summed E-state index contributed by atoms with van der Waals surface area (Å²) in [6, 6.07) is 11.1. The second-order valence-electron chi connectivity index (χ2n) is 3.14. The molecule has 0 unspecified atom stereocenters. The average Bonchev–Trinajstić information content (AvgIpc) is 2.34. The van der Waals surface area contributed by atoms with Gasteiger partial charge in [-0.3, -0.25) is 0 Å². The van der Waals surface area contributed by atoms with Crippen molar-refractivity contribution in [1.29, 1.82) is 0 Å². The average molecular weight is 254 g/mol. The molecule has 0 saturated carbocycles. The summed E-state index contributed by atoms with van der Waals surface area (Å²) in [7, 11) is 0. The van der Waals surface area contributed by atoms with Crippen LogP contribution in [0.4, 0.5) is 8.78 Å². The van der Waals surface area contributed by atoms with Crippen molar-refractivity contribution in [2.45, 2.75) is 0 Å². The molecule has 0 aliphatic carbocycles. The van der Waals surface area contributed by atoms with Crippen molar-refractivity contribution in [3.63, 3.8) is 0 Å². The van der Waals surface area contributed by atoms with Crippen molar-refractivity contribution >= 4 is 12.3 Å². The Morgan fingerprint density at radius 2 is 1.00 bits per heavy atom. The standard InChI is InChI=1S/C12H8F2O2S/c13-9-1-5-11(6-2-9)15-17-16-12-7-3-10(14)4-8-12/h1-8H. The molecule has 2 aromatic carbocycles. The maximum atomic E-state index is 12.6. The van der Waals surface area contributed by atoms with Gasteiger partial charge in [-0.05, 0) is 48.5 Å². The second-order valence-corrected chi connectivity index (χ2v) is 3.61. The number of hydrogen-bond donors (Lipinski definition) is 0. The van der Waals surface area contributed by atoms with Crippen LogP contribution in [-0.4, -0.2) is 0 Å². The van der Waals surface area contributed by atoms with Gasteiger partial charge in [0, 0.05) is 0 Å². The number of rotatable bonds is 4. The van der Waals surface area contributed by atoms with Crippen molar-refractivity contribution in [3.8, 4) is 11.5 Å². The minimum atomic E-state index is -0.332. The molecule has 2 nitrogen and oxygen atoms in total. The van der Waals surface area contributed by atoms with Crippen molar-refractivity contribution in [1.82, 2.24) is 0 Å². The Bertz CT molecular complexity index is 425. The molecule has 17 heavy (non-hydrogen) atoms. The fourth-order valence-electron chi connectivity index (χ4n) is 1.08. The largest absolute Gasteiger partial charge is 0.391 e. The normalized spacial score (nSPS) is 10.0. The van der Waals surface area contributed by atoms with Gasteiger partial charge in [-0.1, -0.05) is 0 Å². The topological polar surface area (TPSA) is 18.5 Å². The van der Waals surface area contributed by atoms with Gasteiger partial charge >= 0.3 is 0 Å². The van der Waals surface area contributed by atoms with E-state index < -0.39 is 0 Å². The van der Waals surface area contributed by atoms with Gasteiger partial charge in [-0.2, -0.15) is 0 Å². The van der Waals surface area contributed by atoms with Crippen LogP contribution in [0.1, 0.15) is 0 Å². The van der Waals surface area contributed by atoms with E-state index in [1.165, 1.54) is 48.5 Å². The Kier molecular flexibility index (Phi) is 3.82. The Morgan fingerprint density at radius 3 is 1.35 bits per heavy atom. The van der Waals surface area contributed by atoms with Crippen LogP contribution in [0.15, 0.2) is 48.5 Å². The molecule has 0 bridgehead atoms. The van der Waals surface area contributed by atoms with E-state index in [9.17, 15) is 8.78 Å². The molecule has 2 aromatic rings. The fourth-order valence-corrected chi connectivity index (χ4v) is 1.49. The highest BCUT2D eigenvalue weighted by Crippen LogP contribution is 2.21. The molecule has 0 saturated heterocycles. The van der Waals surface area contributed by atoms with Crippen molar-refractivity contribution in [2.24, 2.45) is 0 Å². The summed E-state index contributed by atoms with van der Waals surface area (Å²) in [5.41, 5.74) is 0. The third-order valence-electron chi connectivity index (χ3n) is 1.89. The van der Waals surface area contributed by atoms with E-state index in [2.05, 4.69) is 0 Å². The summed E-state index contributed by atoms with van der Waals surface area (Å²) >= 11 is 0.726. The molecule has 0 radical (unpaired) electrons. The fraction of sp³-hybridized carbons (Fsp3) is 0. The lowest BCUT2D eigenvalue weighted by molar-refractivity contribution is 0.536. The first kappa shape index (κ1) is 11.7. The van der Waals surface area contributed by atoms with Crippen LogP contribution in [0, 0.1) is 11.6 Å². The molecule has 0 aromatic heterocycles. The Balaban J connectivity index is 1.83. The first-order valence-corrected chi connectivity index (χ1v) is 5.43. The molecule has 2 rings (SSSR count). The van der Waals surface area contributed by atoms with Crippen molar-refractivity contribution in [3.05, 3.63) is 60.2 Å². The highest BCUT2D eigenvalue weighted by atomic mass is 32.2. The lowest BCUT2D eigenvalue weighted by atomic mass is 10.3. The smallest absolute Gasteiger partial charge is 0.293 e. The molecule has 0 spiro atoms. The lowest BCUT2D eigenvalue weighted by Gasteiger charge is -2.04. The zero-order valence-electron chi connectivity index (χ0n) is 8.60. The van der Waals surface area contributed by atoms with Gasteiger partial charge in [-0.15, -0.1) is 0 Å². The van der Waals surface area contributed by atoms with Gasteiger partial charge in [0.25, 0.3) is 12.3 Å². The first-order chi connectivity index (χ1) is 8.24. The maximum Gasteiger partial charge on any atom is 0.293 e. The number of benzene rings is 2. The third kappa shape index (κ3) is 3.64. The summed E-state index contributed by atoms with van der Waals surface area (Å²) in [5.74, 6) is 0.278. The van der Waals surface area contributed by atoms with Crippen LogP contribution in [0.5, 0.6) is 11.5 Å². The molecular weight excluding hydrogens is 246 g/mol. The molecular formula is C12H8F2O2S. The van der Waals surface area contributed by atoms with E-state index in [0.717, 1.165) is 12.3 Å². The summed E-state index contributed by atoms with van der Waals surface area (Å²) in [5, 5.41) is 0. The zero-order valence-corrected chi connectivity index (χ0v) is 9.42. The highest BCUT2D eigenvalue weighted by molar-refractivity contribution is 7.90. The monoisotopic (exact) mass is 254 g/mol. The second kappa shape index (κ2) is 5.54. The van der Waals surface area contributed by atoms with E-state index in [1.54, 1.807) is 0 Å². The molecule has 0 fully saturated rings. The van der Waals surface area contributed by atoms with Crippen LogP contribution in [-0.2, 0) is 0 Å². The van der Waals surface area contributed by atoms with Gasteiger partial charge in [-0.25, -0.2) is 8.78 Å². The maximum absolute atomic E-state index is 12.6. The van der Waals surface area contributed by atoms with Crippen LogP contribution in [0.3, 0.4) is 0 Å². The third-order valence-corrected chi connectivity index (χ3v) is 2.41. The summed E-state index contributed by atoms with van der Waals surface area (Å²) in [6.45, 7) is 0. The lowest BCUT2D eigenvalue weighted by Crippen LogP contribution is -1.88. The Hall–Kier alpha value is -1.75. The molecule has 0 aliphatic heterocycles. The van der Waals surface area contributed by atoms with Crippen molar-refractivity contribution in [2.75, 3.05) is 0 Å². The van der Waals surface area contributed by atoms with E-state index in [-0.39, 0.29) is 11.6 Å². The SMILES string of the molecule is Fc1ccc(OSOc2ccc(F)cc2)cc1. The van der Waals surface area contributed by atoms with Crippen LogP contribution >= 0.6 is 12.3 Å². The molecule has 0 heterocycles. The van der Waals surface area contributed by atoms with E-state index >= 15 is 0 Å². The number of halogens is 2. The zero-order chi connectivity index (χ0) is 12.1. The molecule has 0 amide bonds. The van der Waals surface area contributed by atoms with Gasteiger partial charge in [0.05, 0.1) is 0 Å². The van der Waals surface area contributed by atoms with E-state index in [4.69, 9.17) is 8.37 Å². The van der Waals surface area contributed by atoms with E-state index in [0.29, 0.717) is 11.5 Å². The molecule has 88 valence electrons. The molecule has 0 atom stereocenters. The highest BCUT2D eigenvalue weighted by Gasteiger charge is 1.99. The Morgan fingerprint density at radius 1 is 0.647 bits per heavy atom. The summed E-state index contributed by atoms with van der Waals surface area (Å²) < 4.78 is 35.4. The van der Waals surface area contributed by atoms with Crippen LogP contribution < -0.4 is 8.37 Å². The predicted molar refractivity (Wildman–Crippen MR) is 61.6 cm³/mol. The number of hydrogen-bond acceptors (Lipinski definition) is 3. The Labute approximate surface area is 102 Å². The minimum Gasteiger partial charge on any atom is -0.391 e. The van der Waals surface area contributed by atoms with Gasteiger partial charge in [0.1, 0.15) is 23.1 Å².